The van der Waals surface area contributed by atoms with Crippen molar-refractivity contribution in [2.75, 3.05) is 5.73 Å². The van der Waals surface area contributed by atoms with Crippen molar-refractivity contribution in [1.29, 1.82) is 0 Å². The van der Waals surface area contributed by atoms with Crippen molar-refractivity contribution in [1.82, 2.24) is 9.97 Å². The summed E-state index contributed by atoms with van der Waals surface area (Å²) in [6.45, 7) is 4.30. The molecule has 2 aromatic rings. The Balaban J connectivity index is 2.41. The van der Waals surface area contributed by atoms with Gasteiger partial charge < -0.3 is 5.73 Å². The van der Waals surface area contributed by atoms with Crippen molar-refractivity contribution in [3.63, 3.8) is 0 Å². The fourth-order valence-corrected chi connectivity index (χ4v) is 1.99. The van der Waals surface area contributed by atoms with Crippen LogP contribution in [0.4, 0.5) is 5.82 Å². The Morgan fingerprint density at radius 3 is 2.67 bits per heavy atom. The lowest BCUT2D eigenvalue weighted by Gasteiger charge is -2.08. The zero-order valence-electron chi connectivity index (χ0n) is 10.5. The molecule has 2 N–H and O–H groups in total. The number of nitrogens with two attached hydrogens (primary N) is 1. The standard InChI is InChI=1S/C14H16ClN3/c1-9(2)6-12-8-13(16)18-14(17-12)10-4-3-5-11(15)7-10/h3-5,7-9H,6H2,1-2H3,(H2,16,17,18). The van der Waals surface area contributed by atoms with E-state index in [9.17, 15) is 0 Å². The summed E-state index contributed by atoms with van der Waals surface area (Å²) in [5.74, 6) is 1.66. The van der Waals surface area contributed by atoms with Gasteiger partial charge in [-0.3, -0.25) is 0 Å². The summed E-state index contributed by atoms with van der Waals surface area (Å²) in [5, 5.41) is 0.670. The van der Waals surface area contributed by atoms with Crippen molar-refractivity contribution >= 4 is 17.4 Å². The minimum Gasteiger partial charge on any atom is -0.384 e. The maximum Gasteiger partial charge on any atom is 0.161 e. The molecule has 3 nitrogen and oxygen atoms in total. The van der Waals surface area contributed by atoms with Crippen molar-refractivity contribution in [3.05, 3.63) is 41.0 Å². The second kappa shape index (κ2) is 5.36. The molecule has 0 unspecified atom stereocenters. The molecule has 1 aromatic carbocycles. The van der Waals surface area contributed by atoms with E-state index in [0.29, 0.717) is 22.6 Å². The topological polar surface area (TPSA) is 51.8 Å². The third kappa shape index (κ3) is 3.20. The maximum absolute atomic E-state index is 5.97. The number of nitrogen functional groups attached to an aromatic ring is 1. The first-order valence-electron chi connectivity index (χ1n) is 5.94. The normalized spacial score (nSPS) is 10.9. The van der Waals surface area contributed by atoms with Gasteiger partial charge in [0, 0.05) is 22.3 Å². The molecular formula is C14H16ClN3. The third-order valence-corrected chi connectivity index (χ3v) is 2.73. The minimum atomic E-state index is 0.496. The highest BCUT2D eigenvalue weighted by Gasteiger charge is 2.07. The van der Waals surface area contributed by atoms with E-state index in [4.69, 9.17) is 17.3 Å². The molecule has 18 heavy (non-hydrogen) atoms. The number of rotatable bonds is 3. The molecule has 0 saturated carbocycles. The van der Waals surface area contributed by atoms with Gasteiger partial charge in [-0.15, -0.1) is 0 Å². The molecule has 0 atom stereocenters. The van der Waals surface area contributed by atoms with Crippen LogP contribution in [0.1, 0.15) is 19.5 Å². The molecular weight excluding hydrogens is 246 g/mol. The smallest absolute Gasteiger partial charge is 0.161 e. The van der Waals surface area contributed by atoms with E-state index in [-0.39, 0.29) is 0 Å². The summed E-state index contributed by atoms with van der Waals surface area (Å²) in [6, 6.07) is 9.31. The zero-order valence-corrected chi connectivity index (χ0v) is 11.3. The summed E-state index contributed by atoms with van der Waals surface area (Å²) in [4.78, 5) is 8.80. The maximum atomic E-state index is 5.97. The van der Waals surface area contributed by atoms with Crippen LogP contribution in [0.25, 0.3) is 11.4 Å². The van der Waals surface area contributed by atoms with E-state index < -0.39 is 0 Å². The van der Waals surface area contributed by atoms with Gasteiger partial charge in [0.15, 0.2) is 5.82 Å². The van der Waals surface area contributed by atoms with Gasteiger partial charge in [0.2, 0.25) is 0 Å². The van der Waals surface area contributed by atoms with E-state index in [1.54, 1.807) is 0 Å². The summed E-state index contributed by atoms with van der Waals surface area (Å²) in [5.41, 5.74) is 7.68. The summed E-state index contributed by atoms with van der Waals surface area (Å²) in [7, 11) is 0. The molecule has 0 aliphatic heterocycles. The van der Waals surface area contributed by atoms with Gasteiger partial charge in [-0.1, -0.05) is 37.6 Å². The van der Waals surface area contributed by atoms with Crippen LogP contribution in [0.15, 0.2) is 30.3 Å². The lowest BCUT2D eigenvalue weighted by Crippen LogP contribution is -2.03. The van der Waals surface area contributed by atoms with Gasteiger partial charge in [-0.2, -0.15) is 0 Å². The SMILES string of the molecule is CC(C)Cc1cc(N)nc(-c2cccc(Cl)c2)n1. The molecule has 1 aromatic heterocycles. The highest BCUT2D eigenvalue weighted by molar-refractivity contribution is 6.30. The average molecular weight is 262 g/mol. The molecule has 0 spiro atoms. The van der Waals surface area contributed by atoms with E-state index in [1.807, 2.05) is 30.3 Å². The molecule has 0 fully saturated rings. The number of anilines is 1. The third-order valence-electron chi connectivity index (χ3n) is 2.50. The van der Waals surface area contributed by atoms with Gasteiger partial charge in [-0.05, 0) is 24.5 Å². The number of benzene rings is 1. The van der Waals surface area contributed by atoms with Crippen molar-refractivity contribution in [2.45, 2.75) is 20.3 Å². The van der Waals surface area contributed by atoms with Gasteiger partial charge in [0.05, 0.1) is 0 Å². The van der Waals surface area contributed by atoms with Crippen LogP contribution in [-0.4, -0.2) is 9.97 Å². The van der Waals surface area contributed by atoms with Crippen LogP contribution in [0.5, 0.6) is 0 Å². The first-order chi connectivity index (χ1) is 8.54. The van der Waals surface area contributed by atoms with E-state index in [1.165, 1.54) is 0 Å². The van der Waals surface area contributed by atoms with Crippen LogP contribution >= 0.6 is 11.6 Å². The molecule has 0 bridgehead atoms. The van der Waals surface area contributed by atoms with Crippen LogP contribution in [0.3, 0.4) is 0 Å². The summed E-state index contributed by atoms with van der Waals surface area (Å²) < 4.78 is 0. The molecule has 94 valence electrons. The quantitative estimate of drug-likeness (QED) is 0.919. The second-order valence-corrected chi connectivity index (χ2v) is 5.15. The number of hydrogen-bond donors (Lipinski definition) is 1. The predicted molar refractivity (Wildman–Crippen MR) is 75.4 cm³/mol. The van der Waals surface area contributed by atoms with Crippen molar-refractivity contribution < 1.29 is 0 Å². The first kappa shape index (κ1) is 12.8. The second-order valence-electron chi connectivity index (χ2n) is 4.72. The number of nitrogens with zero attached hydrogens (tertiary/aromatic N) is 2. The van der Waals surface area contributed by atoms with Crippen molar-refractivity contribution in [3.8, 4) is 11.4 Å². The summed E-state index contributed by atoms with van der Waals surface area (Å²) >= 11 is 5.97. The Morgan fingerprint density at radius 2 is 2.00 bits per heavy atom. The minimum absolute atomic E-state index is 0.496. The van der Waals surface area contributed by atoms with Gasteiger partial charge >= 0.3 is 0 Å². The summed E-state index contributed by atoms with van der Waals surface area (Å²) in [6.07, 6.45) is 0.889. The van der Waals surface area contributed by atoms with E-state index >= 15 is 0 Å². The molecule has 0 amide bonds. The van der Waals surface area contributed by atoms with E-state index in [0.717, 1.165) is 17.7 Å². The molecule has 0 radical (unpaired) electrons. The van der Waals surface area contributed by atoms with Crippen LogP contribution < -0.4 is 5.73 Å². The first-order valence-corrected chi connectivity index (χ1v) is 6.32. The van der Waals surface area contributed by atoms with Gasteiger partial charge in [0.25, 0.3) is 0 Å². The molecule has 4 heteroatoms. The monoisotopic (exact) mass is 261 g/mol. The largest absolute Gasteiger partial charge is 0.384 e. The lowest BCUT2D eigenvalue weighted by molar-refractivity contribution is 0.635. The average Bonchev–Trinajstić information content (AvgIpc) is 2.27. The molecule has 0 aliphatic carbocycles. The fourth-order valence-electron chi connectivity index (χ4n) is 1.80. The van der Waals surface area contributed by atoms with Gasteiger partial charge in [0.1, 0.15) is 5.82 Å². The number of hydrogen-bond acceptors (Lipinski definition) is 3. The Morgan fingerprint density at radius 1 is 1.22 bits per heavy atom. The Labute approximate surface area is 112 Å². The molecule has 0 aliphatic rings. The van der Waals surface area contributed by atoms with Crippen LogP contribution in [-0.2, 0) is 6.42 Å². The Hall–Kier alpha value is -1.61. The molecule has 1 heterocycles. The zero-order chi connectivity index (χ0) is 13.1. The number of aromatic nitrogens is 2. The van der Waals surface area contributed by atoms with E-state index in [2.05, 4.69) is 23.8 Å². The lowest BCUT2D eigenvalue weighted by atomic mass is 10.1. The van der Waals surface area contributed by atoms with Crippen LogP contribution in [0.2, 0.25) is 5.02 Å². The molecule has 2 rings (SSSR count). The Kier molecular flexibility index (Phi) is 3.82. The molecule has 0 saturated heterocycles. The van der Waals surface area contributed by atoms with Crippen molar-refractivity contribution in [2.24, 2.45) is 5.92 Å². The van der Waals surface area contributed by atoms with Gasteiger partial charge in [-0.25, -0.2) is 9.97 Å². The Bertz CT molecular complexity index is 552. The van der Waals surface area contributed by atoms with Crippen LogP contribution in [0, 0.1) is 5.92 Å². The highest BCUT2D eigenvalue weighted by atomic mass is 35.5. The highest BCUT2D eigenvalue weighted by Crippen LogP contribution is 2.21. The predicted octanol–water partition coefficient (Wildman–Crippen LogP) is 3.58. The number of halogens is 1. The fraction of sp³-hybridized carbons (Fsp3) is 0.286.